The van der Waals surface area contributed by atoms with Gasteiger partial charge in [0.2, 0.25) is 0 Å². The Balaban J connectivity index is 1.83. The van der Waals surface area contributed by atoms with E-state index in [1.165, 1.54) is 57.8 Å². The third-order valence-corrected chi connectivity index (χ3v) is 5.55. The van der Waals surface area contributed by atoms with E-state index in [2.05, 4.69) is 6.08 Å². The Morgan fingerprint density at radius 3 is 2.75 bits per heavy atom. The average Bonchev–Trinajstić information content (AvgIpc) is 2.68. The summed E-state index contributed by atoms with van der Waals surface area (Å²) in [6.45, 7) is 0. The fourth-order valence-corrected chi connectivity index (χ4v) is 5.03. The largest absolute Gasteiger partial charge is 0.0807 e. The number of hydrogen-bond donors (Lipinski definition) is 0. The summed E-state index contributed by atoms with van der Waals surface area (Å²) >= 11 is 0. The van der Waals surface area contributed by atoms with Gasteiger partial charge in [0.25, 0.3) is 0 Å². The van der Waals surface area contributed by atoms with Crippen LogP contribution in [-0.4, -0.2) is 0 Å². The van der Waals surface area contributed by atoms with Crippen LogP contribution in [0.1, 0.15) is 57.8 Å². The van der Waals surface area contributed by atoms with Gasteiger partial charge in [0.1, 0.15) is 0 Å². The van der Waals surface area contributed by atoms with Gasteiger partial charge in [-0.2, -0.15) is 0 Å². The van der Waals surface area contributed by atoms with Gasteiger partial charge in [0, 0.05) is 0 Å². The van der Waals surface area contributed by atoms with Gasteiger partial charge in [-0.15, -0.1) is 0 Å². The molecule has 0 aromatic heterocycles. The highest BCUT2D eigenvalue weighted by atomic mass is 14.5. The first kappa shape index (κ1) is 9.50. The van der Waals surface area contributed by atoms with Gasteiger partial charge in [-0.1, -0.05) is 18.1 Å². The predicted octanol–water partition coefficient (Wildman–Crippen LogP) is 4.62. The molecule has 0 radical (unpaired) electrons. The fraction of sp³-hybridized carbons (Fsp3) is 0.750. The Hall–Kier alpha value is -0.520. The molecule has 16 heavy (non-hydrogen) atoms. The van der Waals surface area contributed by atoms with Crippen molar-refractivity contribution in [1.82, 2.24) is 0 Å². The molecule has 1 fully saturated rings. The molecule has 0 aromatic carbocycles. The lowest BCUT2D eigenvalue weighted by Crippen LogP contribution is -2.23. The maximum Gasteiger partial charge on any atom is -0.00963 e. The third-order valence-electron chi connectivity index (χ3n) is 5.55. The maximum atomic E-state index is 2.61. The first-order chi connectivity index (χ1) is 7.95. The molecule has 1 saturated carbocycles. The summed E-state index contributed by atoms with van der Waals surface area (Å²) < 4.78 is 0. The lowest BCUT2D eigenvalue weighted by Gasteiger charge is -2.35. The van der Waals surface area contributed by atoms with Gasteiger partial charge < -0.3 is 0 Å². The topological polar surface area (TPSA) is 0 Å². The Morgan fingerprint density at radius 1 is 0.875 bits per heavy atom. The minimum absolute atomic E-state index is 0.972. The Bertz CT molecular complexity index is 371. The smallest absolute Gasteiger partial charge is 0.00963 e. The van der Waals surface area contributed by atoms with Crippen LogP contribution in [0.15, 0.2) is 22.8 Å². The molecule has 0 N–H and O–H groups in total. The van der Waals surface area contributed by atoms with Crippen LogP contribution in [0, 0.1) is 17.8 Å². The van der Waals surface area contributed by atoms with Crippen LogP contribution in [0.5, 0.6) is 0 Å². The highest BCUT2D eigenvalue weighted by Gasteiger charge is 2.44. The SMILES string of the molecule is C1=C2C3=C4C(CCC3)CCCC4C2CCC1. The molecule has 3 atom stereocenters. The summed E-state index contributed by atoms with van der Waals surface area (Å²) in [6.07, 6.45) is 15.9. The second-order valence-electron chi connectivity index (χ2n) is 6.26. The summed E-state index contributed by atoms with van der Waals surface area (Å²) in [6, 6.07) is 0. The normalized spacial score (nSPS) is 41.5. The van der Waals surface area contributed by atoms with E-state index in [-0.39, 0.29) is 0 Å². The highest BCUT2D eigenvalue weighted by molar-refractivity contribution is 5.48. The molecule has 0 aromatic rings. The zero-order chi connectivity index (χ0) is 10.5. The van der Waals surface area contributed by atoms with Gasteiger partial charge >= 0.3 is 0 Å². The van der Waals surface area contributed by atoms with E-state index in [1.54, 1.807) is 0 Å². The minimum atomic E-state index is 0.972. The zero-order valence-electron chi connectivity index (χ0n) is 10.2. The van der Waals surface area contributed by atoms with Crippen molar-refractivity contribution in [3.63, 3.8) is 0 Å². The van der Waals surface area contributed by atoms with E-state index >= 15 is 0 Å². The van der Waals surface area contributed by atoms with Crippen LogP contribution in [0.3, 0.4) is 0 Å². The molecular formula is C16H22. The standard InChI is InChI=1S/C16H22/c1-2-8-13-12(7-1)14-9-3-5-11-6-4-10-15(13)16(11)14/h7,11,13,15H,1-6,8-10H2. The van der Waals surface area contributed by atoms with E-state index in [1.807, 2.05) is 16.7 Å². The van der Waals surface area contributed by atoms with Crippen molar-refractivity contribution in [2.24, 2.45) is 17.8 Å². The summed E-state index contributed by atoms with van der Waals surface area (Å²) in [5, 5.41) is 0. The zero-order valence-corrected chi connectivity index (χ0v) is 10.2. The molecule has 0 amide bonds. The van der Waals surface area contributed by atoms with Crippen molar-refractivity contribution < 1.29 is 0 Å². The van der Waals surface area contributed by atoms with Gasteiger partial charge in [0.05, 0.1) is 0 Å². The molecule has 4 aliphatic rings. The molecule has 0 heterocycles. The molecule has 0 heteroatoms. The van der Waals surface area contributed by atoms with Crippen LogP contribution < -0.4 is 0 Å². The molecular weight excluding hydrogens is 192 g/mol. The second-order valence-corrected chi connectivity index (χ2v) is 6.26. The van der Waals surface area contributed by atoms with Crippen molar-refractivity contribution in [2.45, 2.75) is 57.8 Å². The van der Waals surface area contributed by atoms with E-state index < -0.39 is 0 Å². The second kappa shape index (κ2) is 3.48. The number of fused-ring (bicyclic) bond motifs is 3. The van der Waals surface area contributed by atoms with Crippen molar-refractivity contribution in [1.29, 1.82) is 0 Å². The number of rotatable bonds is 0. The van der Waals surface area contributed by atoms with Gasteiger partial charge in [-0.3, -0.25) is 0 Å². The monoisotopic (exact) mass is 214 g/mol. The highest BCUT2D eigenvalue weighted by Crippen LogP contribution is 2.57. The number of hydrogen-bond acceptors (Lipinski definition) is 0. The Kier molecular flexibility index (Phi) is 2.07. The molecule has 0 nitrogen and oxygen atoms in total. The first-order valence-corrected chi connectivity index (χ1v) is 7.38. The van der Waals surface area contributed by atoms with E-state index in [0.717, 1.165) is 17.8 Å². The molecule has 3 unspecified atom stereocenters. The van der Waals surface area contributed by atoms with Crippen LogP contribution in [0.2, 0.25) is 0 Å². The lowest BCUT2D eigenvalue weighted by molar-refractivity contribution is 0.290. The summed E-state index contributed by atoms with van der Waals surface area (Å²) in [5.74, 6) is 2.98. The maximum absolute atomic E-state index is 2.61. The molecule has 0 bridgehead atoms. The minimum Gasteiger partial charge on any atom is -0.0807 e. The Labute approximate surface area is 98.8 Å². The van der Waals surface area contributed by atoms with E-state index in [4.69, 9.17) is 0 Å². The molecule has 86 valence electrons. The predicted molar refractivity (Wildman–Crippen MR) is 67.1 cm³/mol. The Morgan fingerprint density at radius 2 is 1.75 bits per heavy atom. The molecule has 4 rings (SSSR count). The van der Waals surface area contributed by atoms with Crippen LogP contribution in [0.4, 0.5) is 0 Å². The molecule has 4 aliphatic carbocycles. The van der Waals surface area contributed by atoms with E-state index in [9.17, 15) is 0 Å². The van der Waals surface area contributed by atoms with E-state index in [0.29, 0.717) is 0 Å². The van der Waals surface area contributed by atoms with Crippen LogP contribution in [0.25, 0.3) is 0 Å². The lowest BCUT2D eigenvalue weighted by atomic mass is 9.70. The van der Waals surface area contributed by atoms with Crippen molar-refractivity contribution in [3.05, 3.63) is 22.8 Å². The van der Waals surface area contributed by atoms with Gasteiger partial charge in [-0.25, -0.2) is 0 Å². The first-order valence-electron chi connectivity index (χ1n) is 7.38. The quantitative estimate of drug-likeness (QED) is 0.552. The van der Waals surface area contributed by atoms with Gasteiger partial charge in [-0.05, 0) is 80.3 Å². The van der Waals surface area contributed by atoms with Crippen molar-refractivity contribution in [3.8, 4) is 0 Å². The third kappa shape index (κ3) is 1.16. The van der Waals surface area contributed by atoms with Crippen molar-refractivity contribution in [2.75, 3.05) is 0 Å². The molecule has 0 aliphatic heterocycles. The molecule has 0 spiro atoms. The number of allylic oxidation sites excluding steroid dienone is 4. The average molecular weight is 214 g/mol. The summed E-state index contributed by atoms with van der Waals surface area (Å²) in [4.78, 5) is 0. The van der Waals surface area contributed by atoms with Crippen molar-refractivity contribution >= 4 is 0 Å². The van der Waals surface area contributed by atoms with Gasteiger partial charge in [0.15, 0.2) is 0 Å². The fourth-order valence-electron chi connectivity index (χ4n) is 5.03. The molecule has 0 saturated heterocycles. The van der Waals surface area contributed by atoms with Crippen LogP contribution in [-0.2, 0) is 0 Å². The van der Waals surface area contributed by atoms with Crippen LogP contribution >= 0.6 is 0 Å². The summed E-state index contributed by atoms with van der Waals surface area (Å²) in [7, 11) is 0. The summed E-state index contributed by atoms with van der Waals surface area (Å²) in [5.41, 5.74) is 5.67.